The zero-order valence-electron chi connectivity index (χ0n) is 12.3. The molecule has 0 radical (unpaired) electrons. The molecule has 0 amide bonds. The van der Waals surface area contributed by atoms with E-state index in [0.717, 1.165) is 13.1 Å². The van der Waals surface area contributed by atoms with E-state index in [1.165, 1.54) is 19.3 Å². The summed E-state index contributed by atoms with van der Waals surface area (Å²) in [6.45, 7) is 11.6. The van der Waals surface area contributed by atoms with Crippen LogP contribution in [0.1, 0.15) is 47.0 Å². The summed E-state index contributed by atoms with van der Waals surface area (Å²) in [5.74, 6) is -0.756. The number of nitrogens with zero attached hydrogens (tertiary/aromatic N) is 1. The Morgan fingerprint density at radius 1 is 1.39 bits per heavy atom. The van der Waals surface area contributed by atoms with E-state index in [4.69, 9.17) is 0 Å². The second-order valence-electron chi connectivity index (χ2n) is 6.11. The first-order chi connectivity index (χ1) is 8.35. The van der Waals surface area contributed by atoms with Gasteiger partial charge < -0.3 is 15.3 Å². The minimum atomic E-state index is -0.825. The summed E-state index contributed by atoms with van der Waals surface area (Å²) in [4.78, 5) is 13.7. The van der Waals surface area contributed by atoms with E-state index >= 15 is 0 Å². The van der Waals surface area contributed by atoms with Gasteiger partial charge in [0.25, 0.3) is 0 Å². The number of carboxylic acid groups (broad SMARTS) is 1. The van der Waals surface area contributed by atoms with Gasteiger partial charge in [0.15, 0.2) is 0 Å². The summed E-state index contributed by atoms with van der Waals surface area (Å²) in [5.41, 5.74) is -0.372. The van der Waals surface area contributed by atoms with Crippen molar-refractivity contribution in [3.8, 4) is 0 Å². The highest BCUT2D eigenvalue weighted by molar-refractivity contribution is 5.78. The maximum Gasteiger partial charge on any atom is 0.324 e. The fourth-order valence-corrected chi connectivity index (χ4v) is 2.64. The Bertz CT molecular complexity index is 286. The third-order valence-electron chi connectivity index (χ3n) is 4.50. The number of likely N-dealkylation sites (N-methyl/N-ethyl adjacent to an activating group) is 1. The maximum absolute atomic E-state index is 11.4. The lowest BCUT2D eigenvalue weighted by atomic mass is 9.78. The van der Waals surface area contributed by atoms with E-state index in [1.807, 2.05) is 6.92 Å². The van der Waals surface area contributed by atoms with Gasteiger partial charge in [-0.3, -0.25) is 4.79 Å². The highest BCUT2D eigenvalue weighted by Crippen LogP contribution is 2.34. The molecule has 0 aromatic rings. The lowest BCUT2D eigenvalue weighted by Gasteiger charge is -2.41. The molecular formula is C14H28N2O2. The van der Waals surface area contributed by atoms with Crippen LogP contribution >= 0.6 is 0 Å². The summed E-state index contributed by atoms with van der Waals surface area (Å²) in [5, 5.41) is 12.5. The number of likely N-dealkylation sites (tertiary alicyclic amines) is 1. The van der Waals surface area contributed by atoms with Crippen molar-refractivity contribution in [1.29, 1.82) is 0 Å². The van der Waals surface area contributed by atoms with Crippen LogP contribution in [0.2, 0.25) is 0 Å². The van der Waals surface area contributed by atoms with Gasteiger partial charge >= 0.3 is 5.97 Å². The minimum absolute atomic E-state index is 0.453. The number of carboxylic acids is 1. The Labute approximate surface area is 111 Å². The highest BCUT2D eigenvalue weighted by Gasteiger charge is 2.36. The van der Waals surface area contributed by atoms with Crippen molar-refractivity contribution in [1.82, 2.24) is 10.2 Å². The van der Waals surface area contributed by atoms with Crippen LogP contribution in [0, 0.1) is 5.41 Å². The van der Waals surface area contributed by atoms with E-state index in [0.29, 0.717) is 18.5 Å². The zero-order valence-corrected chi connectivity index (χ0v) is 12.3. The van der Waals surface area contributed by atoms with Gasteiger partial charge in [-0.05, 0) is 44.8 Å². The number of piperidine rings is 1. The molecule has 1 unspecified atom stereocenters. The van der Waals surface area contributed by atoms with Crippen molar-refractivity contribution in [3.63, 3.8) is 0 Å². The number of hydrogen-bond acceptors (Lipinski definition) is 3. The Kier molecular flexibility index (Phi) is 5.17. The smallest absolute Gasteiger partial charge is 0.324 e. The predicted molar refractivity (Wildman–Crippen MR) is 73.8 cm³/mol. The van der Waals surface area contributed by atoms with E-state index < -0.39 is 11.5 Å². The van der Waals surface area contributed by atoms with Crippen LogP contribution in [0.25, 0.3) is 0 Å². The number of aliphatic carboxylic acids is 1. The summed E-state index contributed by atoms with van der Waals surface area (Å²) in [6.07, 6.45) is 3.56. The first-order valence-corrected chi connectivity index (χ1v) is 7.06. The van der Waals surface area contributed by atoms with Crippen molar-refractivity contribution in [3.05, 3.63) is 0 Å². The molecule has 0 bridgehead atoms. The summed E-state index contributed by atoms with van der Waals surface area (Å²) in [6, 6.07) is 0. The van der Waals surface area contributed by atoms with Crippen LogP contribution in [0.5, 0.6) is 0 Å². The molecule has 106 valence electrons. The molecule has 1 rings (SSSR count). The van der Waals surface area contributed by atoms with Crippen molar-refractivity contribution < 1.29 is 9.90 Å². The molecular weight excluding hydrogens is 228 g/mol. The monoisotopic (exact) mass is 256 g/mol. The summed E-state index contributed by atoms with van der Waals surface area (Å²) < 4.78 is 0. The highest BCUT2D eigenvalue weighted by atomic mass is 16.4. The average Bonchev–Trinajstić information content (AvgIpc) is 2.33. The Morgan fingerprint density at radius 3 is 2.33 bits per heavy atom. The number of carbonyl (C=O) groups is 1. The van der Waals surface area contributed by atoms with Crippen LogP contribution in [-0.2, 0) is 4.79 Å². The van der Waals surface area contributed by atoms with E-state index in [1.54, 1.807) is 6.92 Å². The molecule has 2 N–H and O–H groups in total. The van der Waals surface area contributed by atoms with Gasteiger partial charge in [0.2, 0.25) is 0 Å². The lowest BCUT2D eigenvalue weighted by molar-refractivity contribution is -0.145. The van der Waals surface area contributed by atoms with E-state index in [2.05, 4.69) is 24.1 Å². The Morgan fingerprint density at radius 2 is 1.94 bits per heavy atom. The van der Waals surface area contributed by atoms with Crippen molar-refractivity contribution in [2.75, 3.05) is 26.2 Å². The molecule has 1 atom stereocenters. The van der Waals surface area contributed by atoms with Gasteiger partial charge in [0, 0.05) is 6.54 Å². The molecule has 4 heteroatoms. The van der Waals surface area contributed by atoms with Crippen molar-refractivity contribution in [2.45, 2.75) is 52.5 Å². The molecule has 1 aliphatic rings. The van der Waals surface area contributed by atoms with Crippen LogP contribution < -0.4 is 5.32 Å². The van der Waals surface area contributed by atoms with Gasteiger partial charge in [0.05, 0.1) is 0 Å². The predicted octanol–water partition coefficient (Wildman–Crippen LogP) is 1.95. The molecule has 4 nitrogen and oxygen atoms in total. The average molecular weight is 256 g/mol. The first-order valence-electron chi connectivity index (χ1n) is 7.06. The number of nitrogens with one attached hydrogen (secondary N) is 1. The normalized spacial score (nSPS) is 23.6. The van der Waals surface area contributed by atoms with E-state index in [9.17, 15) is 9.90 Å². The van der Waals surface area contributed by atoms with Crippen molar-refractivity contribution in [2.24, 2.45) is 5.41 Å². The molecule has 1 saturated heterocycles. The SMILES string of the molecule is CCNC(C)(CN1CCC(C)(CC)CC1)C(=O)O. The Balaban J connectivity index is 2.55. The molecule has 1 fully saturated rings. The molecule has 1 aliphatic heterocycles. The van der Waals surface area contributed by atoms with Gasteiger partial charge in [-0.25, -0.2) is 0 Å². The second-order valence-corrected chi connectivity index (χ2v) is 6.11. The summed E-state index contributed by atoms with van der Waals surface area (Å²) in [7, 11) is 0. The fourth-order valence-electron chi connectivity index (χ4n) is 2.64. The topological polar surface area (TPSA) is 52.6 Å². The molecule has 0 aliphatic carbocycles. The number of hydrogen-bond donors (Lipinski definition) is 2. The molecule has 0 spiro atoms. The van der Waals surface area contributed by atoms with Gasteiger partial charge in [0.1, 0.15) is 5.54 Å². The summed E-state index contributed by atoms with van der Waals surface area (Å²) >= 11 is 0. The zero-order chi connectivity index (χ0) is 13.8. The molecule has 18 heavy (non-hydrogen) atoms. The molecule has 0 saturated carbocycles. The van der Waals surface area contributed by atoms with Gasteiger partial charge in [-0.1, -0.05) is 27.2 Å². The first kappa shape index (κ1) is 15.4. The fraction of sp³-hybridized carbons (Fsp3) is 0.929. The van der Waals surface area contributed by atoms with Gasteiger partial charge in [-0.2, -0.15) is 0 Å². The van der Waals surface area contributed by atoms with Gasteiger partial charge in [-0.15, -0.1) is 0 Å². The minimum Gasteiger partial charge on any atom is -0.480 e. The third kappa shape index (κ3) is 3.69. The maximum atomic E-state index is 11.4. The van der Waals surface area contributed by atoms with Crippen LogP contribution in [0.3, 0.4) is 0 Å². The van der Waals surface area contributed by atoms with E-state index in [-0.39, 0.29) is 0 Å². The standard InChI is InChI=1S/C14H28N2O2/c1-5-13(3)7-9-16(10-8-13)11-14(4,12(17)18)15-6-2/h15H,5-11H2,1-4H3,(H,17,18). The molecule has 0 aromatic carbocycles. The molecule has 1 heterocycles. The Hall–Kier alpha value is -0.610. The van der Waals surface area contributed by atoms with Crippen LogP contribution in [0.4, 0.5) is 0 Å². The van der Waals surface area contributed by atoms with Crippen LogP contribution in [-0.4, -0.2) is 47.7 Å². The van der Waals surface area contributed by atoms with Crippen molar-refractivity contribution >= 4 is 5.97 Å². The second kappa shape index (κ2) is 6.02. The lowest BCUT2D eigenvalue weighted by Crippen LogP contribution is -2.58. The number of rotatable bonds is 6. The quantitative estimate of drug-likeness (QED) is 0.762. The third-order valence-corrected chi connectivity index (χ3v) is 4.50. The van der Waals surface area contributed by atoms with Crippen LogP contribution in [0.15, 0.2) is 0 Å². The largest absolute Gasteiger partial charge is 0.480 e. The molecule has 0 aromatic heterocycles.